The van der Waals surface area contributed by atoms with E-state index in [0.29, 0.717) is 6.54 Å². The molecule has 4 nitrogen and oxygen atoms in total. The summed E-state index contributed by atoms with van der Waals surface area (Å²) in [5.74, 6) is 0. The minimum absolute atomic E-state index is 0.553. The second-order valence-electron chi connectivity index (χ2n) is 3.90. The van der Waals surface area contributed by atoms with E-state index < -0.39 is 0 Å². The van der Waals surface area contributed by atoms with E-state index in [-0.39, 0.29) is 0 Å². The highest BCUT2D eigenvalue weighted by molar-refractivity contribution is 5.36. The molecular formula is C13H18N4. The van der Waals surface area contributed by atoms with Gasteiger partial charge in [-0.15, -0.1) is 0 Å². The molecule has 0 saturated heterocycles. The molecule has 2 aromatic heterocycles. The van der Waals surface area contributed by atoms with E-state index in [1.807, 2.05) is 16.8 Å². The van der Waals surface area contributed by atoms with Crippen molar-refractivity contribution in [2.75, 3.05) is 0 Å². The molecule has 2 N–H and O–H groups in total. The number of rotatable bonds is 4. The van der Waals surface area contributed by atoms with Crippen molar-refractivity contribution in [1.82, 2.24) is 14.8 Å². The highest BCUT2D eigenvalue weighted by atomic mass is 15.3. The zero-order valence-electron chi connectivity index (χ0n) is 10.3. The SMILES string of the molecule is CCc1nn(-c2ccncc2)c(CC)c1CN. The molecule has 0 aliphatic heterocycles. The number of nitrogens with zero attached hydrogens (tertiary/aromatic N) is 3. The van der Waals surface area contributed by atoms with Gasteiger partial charge in [0.2, 0.25) is 0 Å². The van der Waals surface area contributed by atoms with E-state index in [1.165, 1.54) is 11.3 Å². The molecular weight excluding hydrogens is 212 g/mol. The molecule has 0 saturated carbocycles. The highest BCUT2D eigenvalue weighted by Crippen LogP contribution is 2.19. The van der Waals surface area contributed by atoms with Crippen LogP contribution in [0.25, 0.3) is 5.69 Å². The Kier molecular flexibility index (Phi) is 3.54. The summed E-state index contributed by atoms with van der Waals surface area (Å²) >= 11 is 0. The molecule has 2 rings (SSSR count). The lowest BCUT2D eigenvalue weighted by molar-refractivity contribution is 0.791. The summed E-state index contributed by atoms with van der Waals surface area (Å²) in [6.45, 7) is 4.79. The maximum absolute atomic E-state index is 5.83. The number of pyridine rings is 1. The summed E-state index contributed by atoms with van der Waals surface area (Å²) < 4.78 is 1.99. The first kappa shape index (κ1) is 11.8. The zero-order chi connectivity index (χ0) is 12.3. The molecule has 0 atom stereocenters. The minimum atomic E-state index is 0.553. The van der Waals surface area contributed by atoms with E-state index in [9.17, 15) is 0 Å². The normalized spacial score (nSPS) is 10.8. The Hall–Kier alpha value is -1.68. The maximum atomic E-state index is 5.83. The molecule has 2 aromatic rings. The van der Waals surface area contributed by atoms with Gasteiger partial charge in [0.05, 0.1) is 11.4 Å². The average Bonchev–Trinajstić information content (AvgIpc) is 2.77. The van der Waals surface area contributed by atoms with Crippen LogP contribution in [0.4, 0.5) is 0 Å². The Bertz CT molecular complexity index is 488. The van der Waals surface area contributed by atoms with Crippen molar-refractivity contribution in [3.63, 3.8) is 0 Å². The number of hydrogen-bond donors (Lipinski definition) is 1. The molecule has 0 aliphatic rings. The van der Waals surface area contributed by atoms with Crippen LogP contribution in [0.15, 0.2) is 24.5 Å². The molecule has 0 fully saturated rings. The lowest BCUT2D eigenvalue weighted by atomic mass is 10.1. The largest absolute Gasteiger partial charge is 0.326 e. The summed E-state index contributed by atoms with van der Waals surface area (Å²) in [6.07, 6.45) is 5.41. The predicted molar refractivity (Wildman–Crippen MR) is 68.0 cm³/mol. The Morgan fingerprint density at radius 3 is 2.41 bits per heavy atom. The fraction of sp³-hybridized carbons (Fsp3) is 0.385. The van der Waals surface area contributed by atoms with E-state index in [0.717, 1.165) is 24.2 Å². The first-order valence-corrected chi connectivity index (χ1v) is 6.01. The van der Waals surface area contributed by atoms with E-state index in [4.69, 9.17) is 5.73 Å². The van der Waals surface area contributed by atoms with E-state index in [1.54, 1.807) is 12.4 Å². The van der Waals surface area contributed by atoms with Crippen molar-refractivity contribution in [3.8, 4) is 5.69 Å². The monoisotopic (exact) mass is 230 g/mol. The molecule has 0 spiro atoms. The van der Waals surface area contributed by atoms with Crippen molar-refractivity contribution in [2.45, 2.75) is 33.2 Å². The Morgan fingerprint density at radius 1 is 1.18 bits per heavy atom. The van der Waals surface area contributed by atoms with Gasteiger partial charge in [0, 0.05) is 30.2 Å². The molecule has 17 heavy (non-hydrogen) atoms. The van der Waals surface area contributed by atoms with E-state index in [2.05, 4.69) is 23.9 Å². The van der Waals surface area contributed by atoms with E-state index >= 15 is 0 Å². The van der Waals surface area contributed by atoms with Crippen LogP contribution in [0, 0.1) is 0 Å². The fourth-order valence-corrected chi connectivity index (χ4v) is 2.12. The van der Waals surface area contributed by atoms with Crippen LogP contribution < -0.4 is 5.73 Å². The first-order valence-electron chi connectivity index (χ1n) is 6.01. The summed E-state index contributed by atoms with van der Waals surface area (Å²) in [5.41, 5.74) is 10.4. The second-order valence-corrected chi connectivity index (χ2v) is 3.90. The van der Waals surface area contributed by atoms with Crippen molar-refractivity contribution >= 4 is 0 Å². The molecule has 0 aromatic carbocycles. The van der Waals surface area contributed by atoms with Crippen molar-refractivity contribution in [2.24, 2.45) is 5.73 Å². The lowest BCUT2D eigenvalue weighted by Crippen LogP contribution is -2.05. The number of nitrogens with two attached hydrogens (primary N) is 1. The molecule has 0 amide bonds. The van der Waals surface area contributed by atoms with Crippen LogP contribution in [0.1, 0.15) is 30.8 Å². The second kappa shape index (κ2) is 5.10. The molecule has 4 heteroatoms. The van der Waals surface area contributed by atoms with Gasteiger partial charge in [0.1, 0.15) is 0 Å². The van der Waals surface area contributed by atoms with Gasteiger partial charge in [0.25, 0.3) is 0 Å². The molecule has 0 unspecified atom stereocenters. The average molecular weight is 230 g/mol. The molecule has 0 bridgehead atoms. The summed E-state index contributed by atoms with van der Waals surface area (Å²) in [7, 11) is 0. The summed E-state index contributed by atoms with van der Waals surface area (Å²) in [5, 5.41) is 4.65. The van der Waals surface area contributed by atoms with Gasteiger partial charge in [-0.2, -0.15) is 5.10 Å². The standard InChI is InChI=1S/C13H18N4/c1-3-12-11(9-14)13(4-2)17(16-12)10-5-7-15-8-6-10/h5-8H,3-4,9,14H2,1-2H3. The van der Waals surface area contributed by atoms with Gasteiger partial charge < -0.3 is 5.73 Å². The Labute approximate surface area is 101 Å². The molecule has 0 radical (unpaired) electrons. The van der Waals surface area contributed by atoms with Crippen LogP contribution in [-0.2, 0) is 19.4 Å². The molecule has 2 heterocycles. The van der Waals surface area contributed by atoms with Crippen LogP contribution >= 0.6 is 0 Å². The van der Waals surface area contributed by atoms with Crippen molar-refractivity contribution in [1.29, 1.82) is 0 Å². The Balaban J connectivity index is 2.58. The molecule has 0 aliphatic carbocycles. The number of hydrogen-bond acceptors (Lipinski definition) is 3. The number of aromatic nitrogens is 3. The van der Waals surface area contributed by atoms with Gasteiger partial charge in [-0.1, -0.05) is 13.8 Å². The van der Waals surface area contributed by atoms with Crippen LogP contribution in [0.2, 0.25) is 0 Å². The topological polar surface area (TPSA) is 56.7 Å². The van der Waals surface area contributed by atoms with Crippen molar-refractivity contribution in [3.05, 3.63) is 41.5 Å². The molecule has 90 valence electrons. The Morgan fingerprint density at radius 2 is 1.88 bits per heavy atom. The maximum Gasteiger partial charge on any atom is 0.0679 e. The lowest BCUT2D eigenvalue weighted by Gasteiger charge is -2.06. The van der Waals surface area contributed by atoms with Gasteiger partial charge in [-0.05, 0) is 25.0 Å². The third-order valence-electron chi connectivity index (χ3n) is 2.95. The zero-order valence-corrected chi connectivity index (χ0v) is 10.3. The van der Waals surface area contributed by atoms with Crippen LogP contribution in [0.3, 0.4) is 0 Å². The third-order valence-corrected chi connectivity index (χ3v) is 2.95. The van der Waals surface area contributed by atoms with Gasteiger partial charge in [0.15, 0.2) is 0 Å². The van der Waals surface area contributed by atoms with Gasteiger partial charge in [-0.3, -0.25) is 4.98 Å². The summed E-state index contributed by atoms with van der Waals surface area (Å²) in [4.78, 5) is 4.03. The fourth-order valence-electron chi connectivity index (χ4n) is 2.12. The minimum Gasteiger partial charge on any atom is -0.326 e. The summed E-state index contributed by atoms with van der Waals surface area (Å²) in [6, 6.07) is 3.93. The third kappa shape index (κ3) is 2.08. The number of aryl methyl sites for hydroxylation is 1. The van der Waals surface area contributed by atoms with Gasteiger partial charge in [-0.25, -0.2) is 4.68 Å². The van der Waals surface area contributed by atoms with Gasteiger partial charge >= 0.3 is 0 Å². The van der Waals surface area contributed by atoms with Crippen LogP contribution in [0.5, 0.6) is 0 Å². The smallest absolute Gasteiger partial charge is 0.0679 e. The van der Waals surface area contributed by atoms with Crippen molar-refractivity contribution < 1.29 is 0 Å². The highest BCUT2D eigenvalue weighted by Gasteiger charge is 2.14. The quantitative estimate of drug-likeness (QED) is 0.872. The predicted octanol–water partition coefficient (Wildman–Crippen LogP) is 1.85. The first-order chi connectivity index (χ1) is 8.31. The van der Waals surface area contributed by atoms with Crippen LogP contribution in [-0.4, -0.2) is 14.8 Å².